The van der Waals surface area contributed by atoms with Crippen molar-refractivity contribution in [3.8, 4) is 0 Å². The van der Waals surface area contributed by atoms with Gasteiger partial charge in [0.15, 0.2) is 0 Å². The number of H-pyrrole nitrogens is 1. The van der Waals surface area contributed by atoms with Crippen molar-refractivity contribution in [2.45, 2.75) is 39.0 Å². The molecule has 0 saturated carbocycles. The van der Waals surface area contributed by atoms with Gasteiger partial charge in [-0.3, -0.25) is 0 Å². The first-order chi connectivity index (χ1) is 9.50. The third-order valence-corrected chi connectivity index (χ3v) is 3.99. The fourth-order valence-electron chi connectivity index (χ4n) is 2.08. The normalized spacial score (nSPS) is 12.0. The molecule has 0 aliphatic heterocycles. The number of hydrogen-bond acceptors (Lipinski definition) is 3. The summed E-state index contributed by atoms with van der Waals surface area (Å²) in [4.78, 5) is 8.09. The van der Waals surface area contributed by atoms with Crippen LogP contribution in [0.2, 0.25) is 0 Å². The summed E-state index contributed by atoms with van der Waals surface area (Å²) in [5.74, 6) is 2.29. The Bertz CT molecular complexity index is 554. The molecule has 0 spiro atoms. The van der Waals surface area contributed by atoms with Crippen LogP contribution in [0, 0.1) is 0 Å². The molecule has 0 fully saturated rings. The van der Waals surface area contributed by atoms with E-state index in [-0.39, 0.29) is 5.41 Å². The molecule has 0 unspecified atom stereocenters. The molecule has 1 heterocycles. The number of unbranched alkanes of at least 4 members (excludes halogenated alkanes) is 1. The second-order valence-corrected chi connectivity index (χ2v) is 7.18. The molecular weight excluding hydrogens is 266 g/mol. The average molecular weight is 291 g/mol. The lowest BCUT2D eigenvalue weighted by molar-refractivity contribution is 0.554. The molecule has 2 rings (SSSR count). The molecule has 0 bridgehead atoms. The van der Waals surface area contributed by atoms with E-state index in [0.717, 1.165) is 23.4 Å². The molecule has 0 amide bonds. The fourth-order valence-corrected chi connectivity index (χ4v) is 2.57. The molecule has 0 aliphatic rings. The molecule has 20 heavy (non-hydrogen) atoms. The highest BCUT2D eigenvalue weighted by atomic mass is 32.2. The number of rotatable bonds is 6. The zero-order valence-electron chi connectivity index (χ0n) is 12.9. The molecule has 0 saturated heterocycles. The van der Waals surface area contributed by atoms with Gasteiger partial charge in [-0.05, 0) is 43.0 Å². The van der Waals surface area contributed by atoms with Gasteiger partial charge >= 0.3 is 0 Å². The Balaban J connectivity index is 2.02. The summed E-state index contributed by atoms with van der Waals surface area (Å²) >= 11 is 1.91. The van der Waals surface area contributed by atoms with E-state index in [9.17, 15) is 0 Å². The molecule has 3 nitrogen and oxygen atoms in total. The minimum absolute atomic E-state index is 0.0600. The molecule has 0 radical (unpaired) electrons. The first-order valence-electron chi connectivity index (χ1n) is 7.24. The molecule has 2 aromatic rings. The highest BCUT2D eigenvalue weighted by molar-refractivity contribution is 7.98. The lowest BCUT2D eigenvalue weighted by Gasteiger charge is -2.13. The van der Waals surface area contributed by atoms with Gasteiger partial charge < -0.3 is 10.3 Å². The Kier molecular flexibility index (Phi) is 4.97. The Hall–Kier alpha value is -1.16. The number of aromatic nitrogens is 2. The van der Waals surface area contributed by atoms with Crippen LogP contribution >= 0.6 is 11.8 Å². The monoisotopic (exact) mass is 291 g/mol. The van der Waals surface area contributed by atoms with E-state index in [1.807, 2.05) is 11.8 Å². The van der Waals surface area contributed by atoms with Crippen LogP contribution in [0.5, 0.6) is 0 Å². The molecule has 1 aromatic heterocycles. The average Bonchev–Trinajstić information content (AvgIpc) is 2.81. The second-order valence-electron chi connectivity index (χ2n) is 6.19. The summed E-state index contributed by atoms with van der Waals surface area (Å²) < 4.78 is 0. The number of benzene rings is 1. The number of nitrogens with one attached hydrogen (secondary N) is 2. The summed E-state index contributed by atoms with van der Waals surface area (Å²) in [5, 5.41) is 3.49. The zero-order valence-corrected chi connectivity index (χ0v) is 13.7. The smallest absolute Gasteiger partial charge is 0.112 e. The van der Waals surface area contributed by atoms with Crippen LogP contribution in [-0.4, -0.2) is 28.5 Å². The molecular formula is C16H25N3S. The number of hydrogen-bond donors (Lipinski definition) is 2. The Labute approximate surface area is 125 Å². The van der Waals surface area contributed by atoms with E-state index in [1.165, 1.54) is 24.3 Å². The highest BCUT2D eigenvalue weighted by Crippen LogP contribution is 2.24. The van der Waals surface area contributed by atoms with Crippen molar-refractivity contribution in [1.29, 1.82) is 0 Å². The van der Waals surface area contributed by atoms with Crippen molar-refractivity contribution in [2.24, 2.45) is 0 Å². The predicted molar refractivity (Wildman–Crippen MR) is 90.9 cm³/mol. The number of aromatic amines is 1. The topological polar surface area (TPSA) is 40.7 Å². The van der Waals surface area contributed by atoms with Gasteiger partial charge in [0, 0.05) is 17.6 Å². The standard InChI is InChI=1S/C16H25N3S/c1-16(2,3)15-18-13-8-7-12(11-14(13)19-15)17-9-5-6-10-20-4/h7-8,11,17H,5-6,9-10H2,1-4H3,(H,18,19). The highest BCUT2D eigenvalue weighted by Gasteiger charge is 2.18. The maximum Gasteiger partial charge on any atom is 0.112 e. The lowest BCUT2D eigenvalue weighted by atomic mass is 9.96. The minimum Gasteiger partial charge on any atom is -0.385 e. The van der Waals surface area contributed by atoms with Gasteiger partial charge in [0.1, 0.15) is 5.82 Å². The molecule has 0 aliphatic carbocycles. The Morgan fingerprint density at radius 3 is 2.75 bits per heavy atom. The van der Waals surface area contributed by atoms with Gasteiger partial charge in [-0.2, -0.15) is 11.8 Å². The molecule has 2 N–H and O–H groups in total. The van der Waals surface area contributed by atoms with Crippen LogP contribution < -0.4 is 5.32 Å². The van der Waals surface area contributed by atoms with Gasteiger partial charge in [0.25, 0.3) is 0 Å². The number of anilines is 1. The van der Waals surface area contributed by atoms with Crippen molar-refractivity contribution >= 4 is 28.5 Å². The second kappa shape index (κ2) is 6.53. The van der Waals surface area contributed by atoms with Crippen molar-refractivity contribution in [3.63, 3.8) is 0 Å². The van der Waals surface area contributed by atoms with E-state index >= 15 is 0 Å². The van der Waals surface area contributed by atoms with Gasteiger partial charge in [-0.15, -0.1) is 0 Å². The van der Waals surface area contributed by atoms with Crippen molar-refractivity contribution in [2.75, 3.05) is 23.9 Å². The number of thioether (sulfide) groups is 1. The SMILES string of the molecule is CSCCCCNc1ccc2nc(C(C)(C)C)[nH]c2c1. The van der Waals surface area contributed by atoms with Crippen LogP contribution in [-0.2, 0) is 5.41 Å². The van der Waals surface area contributed by atoms with E-state index in [2.05, 4.69) is 60.5 Å². The molecule has 4 heteroatoms. The van der Waals surface area contributed by atoms with Crippen LogP contribution in [0.4, 0.5) is 5.69 Å². The van der Waals surface area contributed by atoms with Crippen molar-refractivity contribution in [1.82, 2.24) is 9.97 Å². The Morgan fingerprint density at radius 2 is 2.05 bits per heavy atom. The first kappa shape index (κ1) is 15.2. The van der Waals surface area contributed by atoms with E-state index < -0.39 is 0 Å². The van der Waals surface area contributed by atoms with Crippen LogP contribution in [0.25, 0.3) is 11.0 Å². The van der Waals surface area contributed by atoms with Crippen molar-refractivity contribution < 1.29 is 0 Å². The summed E-state index contributed by atoms with van der Waals surface area (Å²) in [7, 11) is 0. The van der Waals surface area contributed by atoms with Gasteiger partial charge in [0.05, 0.1) is 11.0 Å². The van der Waals surface area contributed by atoms with Crippen LogP contribution in [0.15, 0.2) is 18.2 Å². The lowest BCUT2D eigenvalue weighted by Crippen LogP contribution is -2.12. The quantitative estimate of drug-likeness (QED) is 0.774. The third kappa shape index (κ3) is 3.92. The molecule has 0 atom stereocenters. The maximum absolute atomic E-state index is 4.66. The summed E-state index contributed by atoms with van der Waals surface area (Å²) in [6.45, 7) is 7.56. The fraction of sp³-hybridized carbons (Fsp3) is 0.562. The third-order valence-electron chi connectivity index (χ3n) is 3.30. The Morgan fingerprint density at radius 1 is 1.25 bits per heavy atom. The number of fused-ring (bicyclic) bond motifs is 1. The molecule has 1 aromatic carbocycles. The molecule has 110 valence electrons. The van der Waals surface area contributed by atoms with Gasteiger partial charge in [0.2, 0.25) is 0 Å². The van der Waals surface area contributed by atoms with E-state index in [4.69, 9.17) is 0 Å². The van der Waals surface area contributed by atoms with E-state index in [1.54, 1.807) is 0 Å². The van der Waals surface area contributed by atoms with Crippen molar-refractivity contribution in [3.05, 3.63) is 24.0 Å². The largest absolute Gasteiger partial charge is 0.385 e. The summed E-state index contributed by atoms with van der Waals surface area (Å²) in [6.07, 6.45) is 4.65. The van der Waals surface area contributed by atoms with Gasteiger partial charge in [-0.25, -0.2) is 4.98 Å². The number of imidazole rings is 1. The van der Waals surface area contributed by atoms with Gasteiger partial charge in [-0.1, -0.05) is 20.8 Å². The van der Waals surface area contributed by atoms with E-state index in [0.29, 0.717) is 0 Å². The van der Waals surface area contributed by atoms with Crippen LogP contribution in [0.1, 0.15) is 39.4 Å². The summed E-state index contributed by atoms with van der Waals surface area (Å²) in [5.41, 5.74) is 3.39. The number of nitrogens with zero attached hydrogens (tertiary/aromatic N) is 1. The van der Waals surface area contributed by atoms with Crippen LogP contribution in [0.3, 0.4) is 0 Å². The summed E-state index contributed by atoms with van der Waals surface area (Å²) in [6, 6.07) is 6.36. The first-order valence-corrected chi connectivity index (χ1v) is 8.63. The minimum atomic E-state index is 0.0600. The maximum atomic E-state index is 4.66. The zero-order chi connectivity index (χ0) is 14.6. The predicted octanol–water partition coefficient (Wildman–Crippen LogP) is 4.42.